The first-order valence-corrected chi connectivity index (χ1v) is 6.81. The van der Waals surface area contributed by atoms with Crippen LogP contribution < -0.4 is 0 Å². The van der Waals surface area contributed by atoms with Crippen LogP contribution in [0.5, 0.6) is 0 Å². The van der Waals surface area contributed by atoms with Gasteiger partial charge in [0.1, 0.15) is 0 Å². The van der Waals surface area contributed by atoms with Crippen LogP contribution in [0.1, 0.15) is 41.7 Å². The molecule has 1 saturated carbocycles. The van der Waals surface area contributed by atoms with Crippen LogP contribution >= 0.6 is 11.6 Å². The molecule has 0 N–H and O–H groups in total. The SMILES string of the molecule is CCOC(=O)c1cc2cc(F)c(Cl)nc2nc1C1CC1. The predicted octanol–water partition coefficient (Wildman–Crippen LogP) is 3.48. The fourth-order valence-corrected chi connectivity index (χ4v) is 2.25. The molecule has 20 heavy (non-hydrogen) atoms. The first-order chi connectivity index (χ1) is 9.60. The molecule has 0 atom stereocenters. The normalized spacial score (nSPS) is 14.6. The summed E-state index contributed by atoms with van der Waals surface area (Å²) in [4.78, 5) is 20.3. The lowest BCUT2D eigenvalue weighted by atomic mass is 10.1. The van der Waals surface area contributed by atoms with E-state index in [-0.39, 0.29) is 17.7 Å². The Hall–Kier alpha value is -1.75. The molecule has 1 fully saturated rings. The second kappa shape index (κ2) is 4.98. The van der Waals surface area contributed by atoms with Crippen molar-refractivity contribution < 1.29 is 13.9 Å². The van der Waals surface area contributed by atoms with E-state index < -0.39 is 11.8 Å². The molecule has 6 heteroatoms. The van der Waals surface area contributed by atoms with Crippen LogP contribution in [0.15, 0.2) is 12.1 Å². The molecule has 1 aliphatic rings. The summed E-state index contributed by atoms with van der Waals surface area (Å²) in [5, 5.41) is 0.231. The third kappa shape index (κ3) is 2.33. The zero-order valence-electron chi connectivity index (χ0n) is 10.8. The summed E-state index contributed by atoms with van der Waals surface area (Å²) in [7, 11) is 0. The first-order valence-electron chi connectivity index (χ1n) is 6.44. The Morgan fingerprint density at radius 3 is 2.85 bits per heavy atom. The molecule has 4 nitrogen and oxygen atoms in total. The van der Waals surface area contributed by atoms with Gasteiger partial charge in [-0.25, -0.2) is 19.2 Å². The number of rotatable bonds is 3. The third-order valence-corrected chi connectivity index (χ3v) is 3.47. The van der Waals surface area contributed by atoms with Crippen molar-refractivity contribution in [2.45, 2.75) is 25.7 Å². The topological polar surface area (TPSA) is 52.1 Å². The highest BCUT2D eigenvalue weighted by Gasteiger charge is 2.31. The fraction of sp³-hybridized carbons (Fsp3) is 0.357. The van der Waals surface area contributed by atoms with E-state index >= 15 is 0 Å². The molecule has 0 unspecified atom stereocenters. The lowest BCUT2D eigenvalue weighted by Crippen LogP contribution is -2.10. The molecule has 104 valence electrons. The largest absolute Gasteiger partial charge is 0.462 e. The van der Waals surface area contributed by atoms with Crippen molar-refractivity contribution in [3.8, 4) is 0 Å². The van der Waals surface area contributed by atoms with Crippen LogP contribution in [-0.4, -0.2) is 22.5 Å². The average Bonchev–Trinajstić information content (AvgIpc) is 3.23. The maximum atomic E-state index is 13.5. The van der Waals surface area contributed by atoms with Gasteiger partial charge in [0, 0.05) is 11.3 Å². The Balaban J connectivity index is 2.18. The molecule has 2 aromatic rings. The van der Waals surface area contributed by atoms with E-state index in [0.717, 1.165) is 12.8 Å². The molecule has 0 spiro atoms. The van der Waals surface area contributed by atoms with Gasteiger partial charge >= 0.3 is 5.97 Å². The van der Waals surface area contributed by atoms with Crippen molar-refractivity contribution in [3.05, 3.63) is 34.4 Å². The highest BCUT2D eigenvalue weighted by molar-refractivity contribution is 6.29. The van der Waals surface area contributed by atoms with E-state index in [1.807, 2.05) is 0 Å². The van der Waals surface area contributed by atoms with Gasteiger partial charge in [0.15, 0.2) is 16.6 Å². The zero-order valence-corrected chi connectivity index (χ0v) is 11.6. The second-order valence-electron chi connectivity index (χ2n) is 4.72. The van der Waals surface area contributed by atoms with Gasteiger partial charge in [0.05, 0.1) is 17.9 Å². The van der Waals surface area contributed by atoms with Crippen molar-refractivity contribution in [1.29, 1.82) is 0 Å². The van der Waals surface area contributed by atoms with Gasteiger partial charge in [-0.1, -0.05) is 11.6 Å². The summed E-state index contributed by atoms with van der Waals surface area (Å²) < 4.78 is 18.5. The minimum absolute atomic E-state index is 0.212. The highest BCUT2D eigenvalue weighted by Crippen LogP contribution is 2.41. The van der Waals surface area contributed by atoms with E-state index in [4.69, 9.17) is 16.3 Å². The Morgan fingerprint density at radius 1 is 1.45 bits per heavy atom. The summed E-state index contributed by atoms with van der Waals surface area (Å²) >= 11 is 5.67. The number of ether oxygens (including phenoxy) is 1. The highest BCUT2D eigenvalue weighted by atomic mass is 35.5. The Morgan fingerprint density at radius 2 is 2.20 bits per heavy atom. The van der Waals surface area contributed by atoms with Crippen LogP contribution in [0.3, 0.4) is 0 Å². The number of nitrogens with zero attached hydrogens (tertiary/aromatic N) is 2. The number of esters is 1. The maximum absolute atomic E-state index is 13.5. The zero-order chi connectivity index (χ0) is 14.3. The molecule has 0 bridgehead atoms. The van der Waals surface area contributed by atoms with E-state index in [1.165, 1.54) is 6.07 Å². The smallest absolute Gasteiger partial charge is 0.340 e. The van der Waals surface area contributed by atoms with Crippen molar-refractivity contribution in [1.82, 2.24) is 9.97 Å². The molecule has 0 aliphatic heterocycles. The fourth-order valence-electron chi connectivity index (χ4n) is 2.11. The number of halogens is 2. The lowest BCUT2D eigenvalue weighted by Gasteiger charge is -2.09. The summed E-state index contributed by atoms with van der Waals surface area (Å²) in [5.41, 5.74) is 1.42. The van der Waals surface area contributed by atoms with Crippen LogP contribution in [0.2, 0.25) is 5.15 Å². The van der Waals surface area contributed by atoms with Crippen LogP contribution in [0, 0.1) is 5.82 Å². The summed E-state index contributed by atoms with van der Waals surface area (Å²) in [6.07, 6.45) is 1.97. The van der Waals surface area contributed by atoms with Crippen LogP contribution in [0.4, 0.5) is 4.39 Å². The number of fused-ring (bicyclic) bond motifs is 1. The summed E-state index contributed by atoms with van der Waals surface area (Å²) in [6.45, 7) is 2.03. The number of aromatic nitrogens is 2. The Labute approximate surface area is 119 Å². The van der Waals surface area contributed by atoms with E-state index in [1.54, 1.807) is 13.0 Å². The van der Waals surface area contributed by atoms with E-state index in [2.05, 4.69) is 9.97 Å². The molecule has 0 amide bonds. The van der Waals surface area contributed by atoms with E-state index in [0.29, 0.717) is 22.3 Å². The van der Waals surface area contributed by atoms with Gasteiger partial charge in [0.25, 0.3) is 0 Å². The summed E-state index contributed by atoms with van der Waals surface area (Å²) in [5.74, 6) is -0.807. The Kier molecular flexibility index (Phi) is 3.30. The predicted molar refractivity (Wildman–Crippen MR) is 72.4 cm³/mol. The van der Waals surface area contributed by atoms with Gasteiger partial charge in [0.2, 0.25) is 0 Å². The number of carbonyl (C=O) groups excluding carboxylic acids is 1. The molecule has 2 aromatic heterocycles. The van der Waals surface area contributed by atoms with Crippen molar-refractivity contribution in [3.63, 3.8) is 0 Å². The average molecular weight is 295 g/mol. The number of hydrogen-bond donors (Lipinski definition) is 0. The van der Waals surface area contributed by atoms with Crippen molar-refractivity contribution >= 4 is 28.6 Å². The first kappa shape index (κ1) is 13.2. The van der Waals surface area contributed by atoms with Gasteiger partial charge in [-0.05, 0) is 31.9 Å². The molecule has 0 radical (unpaired) electrons. The minimum atomic E-state index is -0.630. The van der Waals surface area contributed by atoms with Gasteiger partial charge in [-0.3, -0.25) is 0 Å². The van der Waals surface area contributed by atoms with Gasteiger partial charge in [-0.15, -0.1) is 0 Å². The molecular formula is C14H12ClFN2O2. The Bertz CT molecular complexity index is 701. The number of carbonyl (C=O) groups is 1. The summed E-state index contributed by atoms with van der Waals surface area (Å²) in [6, 6.07) is 2.82. The quantitative estimate of drug-likeness (QED) is 0.642. The molecule has 2 heterocycles. The monoisotopic (exact) mass is 294 g/mol. The second-order valence-corrected chi connectivity index (χ2v) is 5.08. The molecule has 0 aromatic carbocycles. The van der Waals surface area contributed by atoms with Gasteiger partial charge < -0.3 is 4.74 Å². The molecule has 3 rings (SSSR count). The van der Waals surface area contributed by atoms with Crippen molar-refractivity contribution in [2.75, 3.05) is 6.61 Å². The standard InChI is InChI=1S/C14H12ClFN2O2/c1-2-20-14(19)9-5-8-6-10(16)12(15)18-13(8)17-11(9)7-3-4-7/h5-7H,2-4H2,1H3. The van der Waals surface area contributed by atoms with Crippen molar-refractivity contribution in [2.24, 2.45) is 0 Å². The van der Waals surface area contributed by atoms with Crippen LogP contribution in [0.25, 0.3) is 11.0 Å². The molecular weight excluding hydrogens is 283 g/mol. The maximum Gasteiger partial charge on any atom is 0.340 e. The molecule has 0 saturated heterocycles. The van der Waals surface area contributed by atoms with Gasteiger partial charge in [-0.2, -0.15) is 0 Å². The minimum Gasteiger partial charge on any atom is -0.462 e. The number of pyridine rings is 2. The molecule has 1 aliphatic carbocycles. The third-order valence-electron chi connectivity index (χ3n) is 3.20. The lowest BCUT2D eigenvalue weighted by molar-refractivity contribution is 0.0524. The van der Waals surface area contributed by atoms with Crippen LogP contribution in [-0.2, 0) is 4.74 Å². The number of hydrogen-bond acceptors (Lipinski definition) is 4. The van der Waals surface area contributed by atoms with E-state index in [9.17, 15) is 9.18 Å².